The van der Waals surface area contributed by atoms with Crippen LogP contribution in [-0.2, 0) is 6.42 Å². The van der Waals surface area contributed by atoms with E-state index in [1.165, 1.54) is 11.3 Å². The van der Waals surface area contributed by atoms with E-state index in [9.17, 15) is 5.11 Å². The van der Waals surface area contributed by atoms with Crippen LogP contribution in [0.3, 0.4) is 0 Å². The lowest BCUT2D eigenvalue weighted by molar-refractivity contribution is 0.178. The first-order valence-corrected chi connectivity index (χ1v) is 7.24. The van der Waals surface area contributed by atoms with Gasteiger partial charge in [0.25, 0.3) is 0 Å². The third-order valence-electron chi connectivity index (χ3n) is 2.60. The van der Waals surface area contributed by atoms with E-state index < -0.39 is 6.10 Å². The highest BCUT2D eigenvalue weighted by atomic mass is 79.9. The smallest absolute Gasteiger partial charge is 0.0931 e. The van der Waals surface area contributed by atoms with Gasteiger partial charge in [0.05, 0.1) is 10.4 Å². The van der Waals surface area contributed by atoms with Crippen LogP contribution in [0.25, 0.3) is 0 Å². The average Bonchev–Trinajstić information content (AvgIpc) is 2.68. The molecule has 1 aromatic heterocycles. The van der Waals surface area contributed by atoms with Crippen LogP contribution in [0.4, 0.5) is 0 Å². The first-order chi connectivity index (χ1) is 8.08. The molecule has 4 heteroatoms. The van der Waals surface area contributed by atoms with Crippen LogP contribution < -0.4 is 0 Å². The Hall–Kier alpha value is -0.350. The summed E-state index contributed by atoms with van der Waals surface area (Å²) in [7, 11) is 0. The van der Waals surface area contributed by atoms with Gasteiger partial charge < -0.3 is 5.11 Å². The molecule has 0 aliphatic carbocycles. The minimum atomic E-state index is -0.501. The fourth-order valence-electron chi connectivity index (χ4n) is 1.69. The van der Waals surface area contributed by atoms with Crippen molar-refractivity contribution in [2.24, 2.45) is 0 Å². The van der Waals surface area contributed by atoms with Crippen molar-refractivity contribution in [1.29, 1.82) is 0 Å². The molecule has 1 heterocycles. The monoisotopic (exact) mass is 330 g/mol. The molecule has 2 aromatic rings. The van der Waals surface area contributed by atoms with Gasteiger partial charge in [-0.25, -0.2) is 0 Å². The van der Waals surface area contributed by atoms with Gasteiger partial charge in [0.1, 0.15) is 0 Å². The van der Waals surface area contributed by atoms with Crippen LogP contribution in [0.2, 0.25) is 4.34 Å². The molecule has 17 heavy (non-hydrogen) atoms. The number of hydrogen-bond acceptors (Lipinski definition) is 2. The van der Waals surface area contributed by atoms with E-state index in [-0.39, 0.29) is 0 Å². The molecule has 1 atom stereocenters. The van der Waals surface area contributed by atoms with Crippen LogP contribution in [0.15, 0.2) is 34.8 Å². The summed E-state index contributed by atoms with van der Waals surface area (Å²) in [6, 6.07) is 9.73. The minimum Gasteiger partial charge on any atom is -0.388 e. The molecule has 1 aromatic carbocycles. The lowest BCUT2D eigenvalue weighted by Crippen LogP contribution is -2.02. The van der Waals surface area contributed by atoms with Crippen molar-refractivity contribution >= 4 is 38.9 Å². The third kappa shape index (κ3) is 3.10. The summed E-state index contributed by atoms with van der Waals surface area (Å²) in [4.78, 5) is 1.09. The minimum absolute atomic E-state index is 0.501. The normalized spacial score (nSPS) is 12.7. The van der Waals surface area contributed by atoms with Gasteiger partial charge in [-0.2, -0.15) is 0 Å². The van der Waals surface area contributed by atoms with E-state index >= 15 is 0 Å². The molecule has 0 spiro atoms. The first kappa shape index (κ1) is 13.1. The zero-order valence-corrected chi connectivity index (χ0v) is 12.4. The number of thiophene rings is 1. The van der Waals surface area contributed by atoms with Crippen molar-refractivity contribution < 1.29 is 5.11 Å². The van der Waals surface area contributed by atoms with Crippen molar-refractivity contribution in [3.05, 3.63) is 55.1 Å². The molecule has 0 amide bonds. The van der Waals surface area contributed by atoms with E-state index in [0.717, 1.165) is 24.8 Å². The summed E-state index contributed by atoms with van der Waals surface area (Å²) in [6.07, 6.45) is 0.0957. The summed E-state index contributed by atoms with van der Waals surface area (Å²) in [5, 5.41) is 10.2. The maximum absolute atomic E-state index is 10.2. The van der Waals surface area contributed by atoms with Gasteiger partial charge in [0.15, 0.2) is 0 Å². The molecule has 0 bridgehead atoms. The lowest BCUT2D eigenvalue weighted by Gasteiger charge is -2.13. The predicted octanol–water partition coefficient (Wildman–Crippen LogP) is 4.75. The Bertz CT molecular complexity index is 524. The van der Waals surface area contributed by atoms with Gasteiger partial charge in [-0.3, -0.25) is 0 Å². The van der Waals surface area contributed by atoms with E-state index in [1.54, 1.807) is 0 Å². The third-order valence-corrected chi connectivity index (χ3v) is 4.94. The fraction of sp³-hybridized carbons (Fsp3) is 0.231. The van der Waals surface area contributed by atoms with Crippen molar-refractivity contribution in [1.82, 2.24) is 0 Å². The number of aryl methyl sites for hydroxylation is 1. The molecule has 2 rings (SSSR count). The number of aliphatic hydroxyl groups excluding tert-OH is 1. The van der Waals surface area contributed by atoms with E-state index in [1.807, 2.05) is 37.3 Å². The van der Waals surface area contributed by atoms with E-state index in [2.05, 4.69) is 15.9 Å². The van der Waals surface area contributed by atoms with Gasteiger partial charge in [-0.05, 0) is 30.2 Å². The molecule has 0 fully saturated rings. The molecule has 90 valence electrons. The maximum atomic E-state index is 10.2. The number of benzene rings is 1. The fourth-order valence-corrected chi connectivity index (χ4v) is 3.34. The van der Waals surface area contributed by atoms with Crippen molar-refractivity contribution in [2.75, 3.05) is 0 Å². The number of hydrogen-bond donors (Lipinski definition) is 1. The molecular formula is C13H12BrClOS. The summed E-state index contributed by atoms with van der Waals surface area (Å²) in [6.45, 7) is 2.02. The Morgan fingerprint density at radius 1 is 1.35 bits per heavy atom. The molecule has 1 nitrogen and oxygen atoms in total. The number of rotatable bonds is 3. The summed E-state index contributed by atoms with van der Waals surface area (Å²) >= 11 is 10.9. The summed E-state index contributed by atoms with van der Waals surface area (Å²) in [5.41, 5.74) is 2.06. The molecule has 0 aliphatic heterocycles. The molecule has 1 unspecified atom stereocenters. The lowest BCUT2D eigenvalue weighted by atomic mass is 10.0. The molecular weight excluding hydrogens is 320 g/mol. The highest BCUT2D eigenvalue weighted by Crippen LogP contribution is 2.31. The number of aliphatic hydroxyl groups is 1. The molecule has 0 saturated carbocycles. The quantitative estimate of drug-likeness (QED) is 0.860. The average molecular weight is 332 g/mol. The van der Waals surface area contributed by atoms with Crippen molar-refractivity contribution in [3.8, 4) is 0 Å². The van der Waals surface area contributed by atoms with Gasteiger partial charge in [-0.1, -0.05) is 45.7 Å². The van der Waals surface area contributed by atoms with Crippen molar-refractivity contribution in [2.45, 2.75) is 19.4 Å². The topological polar surface area (TPSA) is 20.2 Å². The second kappa shape index (κ2) is 5.53. The van der Waals surface area contributed by atoms with Gasteiger partial charge in [-0.15, -0.1) is 11.3 Å². The van der Waals surface area contributed by atoms with Crippen LogP contribution in [0.1, 0.15) is 22.1 Å². The second-order valence-electron chi connectivity index (χ2n) is 3.90. The van der Waals surface area contributed by atoms with Gasteiger partial charge in [0.2, 0.25) is 0 Å². The summed E-state index contributed by atoms with van der Waals surface area (Å²) < 4.78 is 1.74. The van der Waals surface area contributed by atoms with Gasteiger partial charge >= 0.3 is 0 Å². The highest BCUT2D eigenvalue weighted by molar-refractivity contribution is 9.10. The van der Waals surface area contributed by atoms with E-state index in [4.69, 9.17) is 11.6 Å². The summed E-state index contributed by atoms with van der Waals surface area (Å²) in [5.74, 6) is 0. The molecule has 0 saturated heterocycles. The van der Waals surface area contributed by atoms with Crippen LogP contribution in [0.5, 0.6) is 0 Å². The first-order valence-electron chi connectivity index (χ1n) is 5.25. The molecule has 0 aliphatic rings. The number of halogens is 2. The maximum Gasteiger partial charge on any atom is 0.0931 e. The predicted molar refractivity (Wildman–Crippen MR) is 76.9 cm³/mol. The Morgan fingerprint density at radius 2 is 2.12 bits per heavy atom. The molecule has 0 radical (unpaired) electrons. The zero-order valence-electron chi connectivity index (χ0n) is 9.28. The largest absolute Gasteiger partial charge is 0.388 e. The Labute approximate surface area is 118 Å². The second-order valence-corrected chi connectivity index (χ2v) is 6.50. The Morgan fingerprint density at radius 3 is 2.76 bits per heavy atom. The highest BCUT2D eigenvalue weighted by Gasteiger charge is 2.14. The van der Waals surface area contributed by atoms with Crippen LogP contribution in [-0.4, -0.2) is 5.11 Å². The Balaban J connectivity index is 2.20. The van der Waals surface area contributed by atoms with Gasteiger partial charge in [0, 0.05) is 15.8 Å². The van der Waals surface area contributed by atoms with Crippen LogP contribution >= 0.6 is 38.9 Å². The van der Waals surface area contributed by atoms with E-state index in [0.29, 0.717) is 6.42 Å². The van der Waals surface area contributed by atoms with Crippen molar-refractivity contribution in [3.63, 3.8) is 0 Å². The standard InChI is InChI=1S/C13H12BrClOS/c1-8-3-2-4-10(13(8)14)11(16)7-9-5-6-12(15)17-9/h2-6,11,16H,7H2,1H3. The SMILES string of the molecule is Cc1cccc(C(O)Cc2ccc(Cl)s2)c1Br. The van der Waals surface area contributed by atoms with Crippen LogP contribution in [0, 0.1) is 6.92 Å². The Kier molecular flexibility index (Phi) is 4.26. The zero-order chi connectivity index (χ0) is 12.4. The molecule has 1 N–H and O–H groups in total.